The summed E-state index contributed by atoms with van der Waals surface area (Å²) in [6, 6.07) is 34.6. The molecule has 4 aliphatic rings. The summed E-state index contributed by atoms with van der Waals surface area (Å²) >= 11 is 7.02. The van der Waals surface area contributed by atoms with E-state index >= 15 is 0 Å². The summed E-state index contributed by atoms with van der Waals surface area (Å²) in [5, 5.41) is 0.984. The maximum Gasteiger partial charge on any atom is 0.509 e. The summed E-state index contributed by atoms with van der Waals surface area (Å²) in [5.74, 6) is 2.93. The van der Waals surface area contributed by atoms with Crippen LogP contribution in [0.4, 0.5) is 4.79 Å². The van der Waals surface area contributed by atoms with Gasteiger partial charge >= 0.3 is 12.1 Å². The van der Waals surface area contributed by atoms with Gasteiger partial charge in [0.15, 0.2) is 6.10 Å². The molecule has 76 heavy (non-hydrogen) atoms. The normalized spacial score (nSPS) is 23.2. The number of nitrogens with zero attached hydrogens (tertiary/aromatic N) is 2. The molecule has 10 rings (SSSR count). The standard InChI is InChI=1S/C59H63ClN2O14/c1-7-40-31-62-27-25-41(40)29-50(62)52(46-24-26-61-49-22-21-45(68-5)30-47(46)49)76-59(64)73-35-39-14-23-51(48(60)28-39)74-58-56(72-34-38-12-19-44(67-4)20-13-38)54(71-33-37-10-17-43(66-3)18-11-37)53(55(75-58)57(63)69-6)70-32-36-8-15-42(65-2)16-9-36/h7-24,26,28,30,40-41,50,52-56,58H,1,25,27,29,31-35H2,2-6H3. The number of pyridine rings is 1. The van der Waals surface area contributed by atoms with E-state index in [1.807, 2.05) is 103 Å². The SMILES string of the molecule is C=CC1CN2CCC1CC2C(OC(=O)OCc1ccc(OC2OC(C(=O)OC)C(OCc3ccc(OC)cc3)C(OCc3ccc(OC)cc3)C2OCc2ccc(OC)cc2)c(Cl)c1)c1ccnc2ccc(OC)cc12. The number of esters is 1. The highest BCUT2D eigenvalue weighted by molar-refractivity contribution is 6.32. The lowest BCUT2D eigenvalue weighted by molar-refractivity contribution is -0.301. The van der Waals surface area contributed by atoms with Crippen molar-refractivity contribution in [3.63, 3.8) is 0 Å². The fraction of sp³-hybridized carbons (Fsp3) is 0.373. The number of aromatic nitrogens is 1. The van der Waals surface area contributed by atoms with Crippen molar-refractivity contribution in [3.05, 3.63) is 167 Å². The van der Waals surface area contributed by atoms with Crippen LogP contribution in [0.15, 0.2) is 134 Å². The summed E-state index contributed by atoms with van der Waals surface area (Å²) in [5.41, 5.74) is 4.54. The number of carbonyl (C=O) groups is 2. The molecular formula is C59H63ClN2O14. The lowest BCUT2D eigenvalue weighted by Gasteiger charge is -2.51. The predicted octanol–water partition coefficient (Wildman–Crippen LogP) is 10.2. The number of benzene rings is 5. The molecule has 5 heterocycles. The molecule has 0 saturated carbocycles. The molecule has 4 fully saturated rings. The molecule has 17 heteroatoms. The van der Waals surface area contributed by atoms with E-state index in [9.17, 15) is 9.59 Å². The van der Waals surface area contributed by atoms with Gasteiger partial charge in [0.2, 0.25) is 6.29 Å². The zero-order chi connectivity index (χ0) is 53.1. The number of hydrogen-bond donors (Lipinski definition) is 0. The van der Waals surface area contributed by atoms with Gasteiger partial charge < -0.3 is 56.8 Å². The van der Waals surface area contributed by atoms with Crippen molar-refractivity contribution in [2.45, 2.75) is 82.1 Å². The third-order valence-electron chi connectivity index (χ3n) is 14.3. The molecule has 0 spiro atoms. The largest absolute Gasteiger partial charge is 0.509 e. The van der Waals surface area contributed by atoms with Gasteiger partial charge in [-0.05, 0) is 126 Å². The Bertz CT molecular complexity index is 2910. The van der Waals surface area contributed by atoms with Crippen molar-refractivity contribution in [2.75, 3.05) is 48.6 Å². The van der Waals surface area contributed by atoms with Gasteiger partial charge in [-0.15, -0.1) is 6.58 Å². The Morgan fingerprint density at radius 2 is 1.29 bits per heavy atom. The van der Waals surface area contributed by atoms with Gasteiger partial charge in [-0.3, -0.25) is 9.88 Å². The van der Waals surface area contributed by atoms with Gasteiger partial charge in [0, 0.05) is 23.7 Å². The molecule has 16 nitrogen and oxygen atoms in total. The van der Waals surface area contributed by atoms with Crippen LogP contribution in [0.1, 0.15) is 46.8 Å². The minimum absolute atomic E-state index is 0.0692. The van der Waals surface area contributed by atoms with E-state index in [0.717, 1.165) is 59.1 Å². The second kappa shape index (κ2) is 25.3. The Morgan fingerprint density at radius 1 is 0.711 bits per heavy atom. The fourth-order valence-electron chi connectivity index (χ4n) is 10.2. The number of fused-ring (bicyclic) bond motifs is 4. The second-order valence-corrected chi connectivity index (χ2v) is 19.2. The molecule has 4 saturated heterocycles. The van der Waals surface area contributed by atoms with Gasteiger partial charge in [0.1, 0.15) is 59.8 Å². The molecule has 2 bridgehead atoms. The third kappa shape index (κ3) is 12.7. The molecule has 0 radical (unpaired) electrons. The highest BCUT2D eigenvalue weighted by atomic mass is 35.5. The Kier molecular flexibility index (Phi) is 17.9. The van der Waals surface area contributed by atoms with E-state index in [1.165, 1.54) is 7.11 Å². The lowest BCUT2D eigenvalue weighted by atomic mass is 9.73. The smallest absolute Gasteiger partial charge is 0.497 e. The number of rotatable bonds is 22. The summed E-state index contributed by atoms with van der Waals surface area (Å²) in [4.78, 5) is 34.7. The number of halogens is 1. The highest BCUT2D eigenvalue weighted by Gasteiger charge is 2.53. The van der Waals surface area contributed by atoms with Gasteiger partial charge in [-0.1, -0.05) is 60.1 Å². The minimum atomic E-state index is -1.35. The van der Waals surface area contributed by atoms with Crippen LogP contribution in [0.5, 0.6) is 28.7 Å². The van der Waals surface area contributed by atoms with Crippen LogP contribution in [-0.4, -0.2) is 107 Å². The number of methoxy groups -OCH3 is 5. The van der Waals surface area contributed by atoms with Gasteiger partial charge in [-0.2, -0.15) is 0 Å². The quantitative estimate of drug-likeness (QED) is 0.0466. The van der Waals surface area contributed by atoms with Crippen LogP contribution in [0.25, 0.3) is 10.9 Å². The van der Waals surface area contributed by atoms with Crippen LogP contribution < -0.4 is 23.7 Å². The molecule has 0 amide bonds. The van der Waals surface area contributed by atoms with Crippen molar-refractivity contribution in [1.82, 2.24) is 9.88 Å². The number of piperidine rings is 3. The molecular weight excluding hydrogens is 996 g/mol. The molecule has 10 unspecified atom stereocenters. The van der Waals surface area contributed by atoms with Gasteiger partial charge in [-0.25, -0.2) is 9.59 Å². The maximum atomic E-state index is 13.9. The molecule has 6 aromatic rings. The molecule has 5 aromatic carbocycles. The van der Waals surface area contributed by atoms with E-state index in [-0.39, 0.29) is 43.2 Å². The first-order chi connectivity index (χ1) is 37.1. The van der Waals surface area contributed by atoms with Crippen LogP contribution in [0.3, 0.4) is 0 Å². The van der Waals surface area contributed by atoms with Crippen molar-refractivity contribution >= 4 is 34.6 Å². The first-order valence-electron chi connectivity index (χ1n) is 25.1. The monoisotopic (exact) mass is 1060 g/mol. The number of carbonyl (C=O) groups excluding carboxylic acids is 2. The molecule has 400 valence electrons. The number of hydrogen-bond acceptors (Lipinski definition) is 16. The number of ether oxygens (including phenoxy) is 12. The van der Waals surface area contributed by atoms with Crippen LogP contribution in [0, 0.1) is 11.8 Å². The first kappa shape index (κ1) is 53.9. The Morgan fingerprint density at radius 3 is 1.84 bits per heavy atom. The zero-order valence-electron chi connectivity index (χ0n) is 43.2. The molecule has 0 aliphatic carbocycles. The predicted molar refractivity (Wildman–Crippen MR) is 282 cm³/mol. The van der Waals surface area contributed by atoms with Crippen LogP contribution in [0.2, 0.25) is 5.02 Å². The highest BCUT2D eigenvalue weighted by Crippen LogP contribution is 2.44. The molecule has 10 atom stereocenters. The van der Waals surface area contributed by atoms with Crippen molar-refractivity contribution < 1.29 is 66.4 Å². The van der Waals surface area contributed by atoms with E-state index in [0.29, 0.717) is 40.4 Å². The third-order valence-corrected chi connectivity index (χ3v) is 14.6. The van der Waals surface area contributed by atoms with Crippen molar-refractivity contribution in [1.29, 1.82) is 0 Å². The van der Waals surface area contributed by atoms with E-state index < -0.39 is 48.9 Å². The summed E-state index contributed by atoms with van der Waals surface area (Å²) in [7, 11) is 7.66. The average Bonchev–Trinajstić information content (AvgIpc) is 3.50. The van der Waals surface area contributed by atoms with Crippen molar-refractivity contribution in [3.8, 4) is 28.7 Å². The topological polar surface area (TPSA) is 161 Å². The Balaban J connectivity index is 0.967. The van der Waals surface area contributed by atoms with E-state index in [1.54, 1.807) is 52.8 Å². The van der Waals surface area contributed by atoms with Crippen LogP contribution in [-0.2, 0) is 64.4 Å². The summed E-state index contributed by atoms with van der Waals surface area (Å²) in [6.07, 6.45) is -1.65. The summed E-state index contributed by atoms with van der Waals surface area (Å²) in [6.45, 7) is 5.87. The Labute approximate surface area is 447 Å². The fourth-order valence-corrected chi connectivity index (χ4v) is 10.4. The van der Waals surface area contributed by atoms with Gasteiger partial charge in [0.05, 0.1) is 72.0 Å². The second-order valence-electron chi connectivity index (χ2n) is 18.8. The summed E-state index contributed by atoms with van der Waals surface area (Å²) < 4.78 is 72.4. The van der Waals surface area contributed by atoms with E-state index in [4.69, 9.17) is 68.4 Å². The minimum Gasteiger partial charge on any atom is -0.497 e. The first-order valence-corrected chi connectivity index (χ1v) is 25.5. The Hall–Kier alpha value is -6.92. The zero-order valence-corrected chi connectivity index (χ0v) is 43.9. The molecule has 4 aliphatic heterocycles. The van der Waals surface area contributed by atoms with Gasteiger partial charge in [0.25, 0.3) is 0 Å². The maximum absolute atomic E-state index is 13.9. The van der Waals surface area contributed by atoms with Crippen molar-refractivity contribution in [2.24, 2.45) is 11.8 Å². The lowest BCUT2D eigenvalue weighted by Crippen LogP contribution is -2.63. The van der Waals surface area contributed by atoms with E-state index in [2.05, 4.69) is 16.5 Å². The molecule has 0 N–H and O–H groups in total. The molecule has 1 aromatic heterocycles. The average molecular weight is 1060 g/mol. The van der Waals surface area contributed by atoms with Crippen LogP contribution >= 0.6 is 11.6 Å².